The molecule has 3 rings (SSSR count). The molecular weight excluding hydrogens is 288 g/mol. The molecule has 4 nitrogen and oxygen atoms in total. The van der Waals surface area contributed by atoms with Crippen LogP contribution in [0, 0.1) is 11.6 Å². The van der Waals surface area contributed by atoms with Gasteiger partial charge in [0.15, 0.2) is 0 Å². The Morgan fingerprint density at radius 1 is 0.818 bits per heavy atom. The zero-order valence-corrected chi connectivity index (χ0v) is 11.5. The number of aliphatic hydroxyl groups is 1. The van der Waals surface area contributed by atoms with E-state index in [0.29, 0.717) is 11.1 Å². The van der Waals surface area contributed by atoms with Gasteiger partial charge in [-0.3, -0.25) is 0 Å². The van der Waals surface area contributed by atoms with Gasteiger partial charge < -0.3 is 9.67 Å². The zero-order chi connectivity index (χ0) is 15.6. The van der Waals surface area contributed by atoms with E-state index < -0.39 is 17.2 Å². The van der Waals surface area contributed by atoms with E-state index in [0.717, 1.165) is 0 Å². The highest BCUT2D eigenvalue weighted by molar-refractivity contribution is 5.36. The molecule has 0 amide bonds. The van der Waals surface area contributed by atoms with Crippen molar-refractivity contribution in [2.24, 2.45) is 0 Å². The summed E-state index contributed by atoms with van der Waals surface area (Å²) in [5.41, 5.74) is -0.465. The molecular formula is C16H13F2N3O. The van der Waals surface area contributed by atoms with Crippen LogP contribution >= 0.6 is 0 Å². The van der Waals surface area contributed by atoms with Crippen molar-refractivity contribution >= 4 is 0 Å². The molecule has 0 atom stereocenters. The summed E-state index contributed by atoms with van der Waals surface area (Å²) in [7, 11) is 0. The molecule has 0 aliphatic carbocycles. The average molecular weight is 301 g/mol. The Balaban J connectivity index is 2.08. The van der Waals surface area contributed by atoms with E-state index in [1.807, 2.05) is 0 Å². The van der Waals surface area contributed by atoms with Crippen molar-refractivity contribution in [1.29, 1.82) is 0 Å². The van der Waals surface area contributed by atoms with Gasteiger partial charge in [0.2, 0.25) is 0 Å². The fourth-order valence-electron chi connectivity index (χ4n) is 2.37. The van der Waals surface area contributed by atoms with Crippen LogP contribution in [0.2, 0.25) is 0 Å². The fourth-order valence-corrected chi connectivity index (χ4v) is 2.37. The first-order chi connectivity index (χ1) is 10.6. The summed E-state index contributed by atoms with van der Waals surface area (Å²) in [6.07, 6.45) is 2.94. The Bertz CT molecular complexity index is 695. The maximum absolute atomic E-state index is 13.2. The Labute approximate surface area is 125 Å². The lowest BCUT2D eigenvalue weighted by Gasteiger charge is -2.29. The van der Waals surface area contributed by atoms with Gasteiger partial charge in [0.25, 0.3) is 0 Å². The molecule has 22 heavy (non-hydrogen) atoms. The third kappa shape index (κ3) is 2.73. The molecule has 0 bridgehead atoms. The van der Waals surface area contributed by atoms with Crippen molar-refractivity contribution < 1.29 is 13.9 Å². The van der Waals surface area contributed by atoms with Crippen molar-refractivity contribution in [2.75, 3.05) is 0 Å². The van der Waals surface area contributed by atoms with E-state index >= 15 is 0 Å². The third-order valence-corrected chi connectivity index (χ3v) is 3.52. The number of halogens is 2. The SMILES string of the molecule is OC(Cn1cnnc1)(c1ccc(F)cc1)c1ccc(F)cc1. The summed E-state index contributed by atoms with van der Waals surface area (Å²) in [5.74, 6) is -0.788. The number of aromatic nitrogens is 3. The minimum atomic E-state index is -1.45. The van der Waals surface area contributed by atoms with E-state index in [4.69, 9.17) is 0 Å². The molecule has 112 valence electrons. The lowest BCUT2D eigenvalue weighted by atomic mass is 9.86. The Kier molecular flexibility index (Phi) is 3.68. The summed E-state index contributed by atoms with van der Waals surface area (Å²) >= 11 is 0. The molecule has 1 aromatic heterocycles. The van der Waals surface area contributed by atoms with Crippen LogP contribution in [0.4, 0.5) is 8.78 Å². The van der Waals surface area contributed by atoms with Gasteiger partial charge in [-0.05, 0) is 35.4 Å². The molecule has 0 saturated carbocycles. The Morgan fingerprint density at radius 3 is 1.64 bits per heavy atom. The first kappa shape index (κ1) is 14.3. The Morgan fingerprint density at radius 2 is 1.23 bits per heavy atom. The first-order valence-corrected chi connectivity index (χ1v) is 6.65. The van der Waals surface area contributed by atoms with Gasteiger partial charge in [-0.2, -0.15) is 0 Å². The second kappa shape index (κ2) is 5.65. The molecule has 0 aliphatic rings. The van der Waals surface area contributed by atoms with E-state index in [1.165, 1.54) is 61.2 Å². The van der Waals surface area contributed by atoms with Crippen LogP contribution in [0.25, 0.3) is 0 Å². The second-order valence-corrected chi connectivity index (χ2v) is 5.01. The second-order valence-electron chi connectivity index (χ2n) is 5.01. The molecule has 0 radical (unpaired) electrons. The lowest BCUT2D eigenvalue weighted by molar-refractivity contribution is 0.0609. The van der Waals surface area contributed by atoms with E-state index in [-0.39, 0.29) is 6.54 Å². The molecule has 1 heterocycles. The predicted octanol–water partition coefficient (Wildman–Crippen LogP) is 2.49. The molecule has 0 spiro atoms. The molecule has 3 aromatic rings. The highest BCUT2D eigenvalue weighted by atomic mass is 19.1. The van der Waals surface area contributed by atoms with Crippen LogP contribution < -0.4 is 0 Å². The van der Waals surface area contributed by atoms with Crippen molar-refractivity contribution in [1.82, 2.24) is 14.8 Å². The smallest absolute Gasteiger partial charge is 0.132 e. The highest BCUT2D eigenvalue weighted by Gasteiger charge is 2.32. The van der Waals surface area contributed by atoms with Crippen LogP contribution in [0.1, 0.15) is 11.1 Å². The van der Waals surface area contributed by atoms with Crippen molar-refractivity contribution in [3.05, 3.63) is 83.9 Å². The minimum absolute atomic E-state index is 0.122. The Hall–Kier alpha value is -2.60. The van der Waals surface area contributed by atoms with Gasteiger partial charge in [0.1, 0.15) is 29.9 Å². The standard InChI is InChI=1S/C16H13F2N3O/c17-14-5-1-12(2-6-14)16(22,9-21-10-19-20-11-21)13-3-7-15(18)8-4-13/h1-8,10-11,22H,9H2. The van der Waals surface area contributed by atoms with Crippen molar-refractivity contribution in [3.63, 3.8) is 0 Å². The summed E-state index contributed by atoms with van der Waals surface area (Å²) in [5, 5.41) is 18.6. The van der Waals surface area contributed by atoms with Crippen molar-refractivity contribution in [3.8, 4) is 0 Å². The topological polar surface area (TPSA) is 50.9 Å². The van der Waals surface area contributed by atoms with Gasteiger partial charge >= 0.3 is 0 Å². The van der Waals surface area contributed by atoms with Crippen LogP contribution in [0.15, 0.2) is 61.2 Å². The van der Waals surface area contributed by atoms with Crippen LogP contribution in [-0.2, 0) is 12.1 Å². The summed E-state index contributed by atoms with van der Waals surface area (Å²) in [6.45, 7) is 0.122. The first-order valence-electron chi connectivity index (χ1n) is 6.65. The maximum atomic E-state index is 13.2. The quantitative estimate of drug-likeness (QED) is 0.805. The largest absolute Gasteiger partial charge is 0.378 e. The number of nitrogens with zero attached hydrogens (tertiary/aromatic N) is 3. The van der Waals surface area contributed by atoms with Gasteiger partial charge in [0.05, 0.1) is 6.54 Å². The van der Waals surface area contributed by atoms with E-state index in [9.17, 15) is 13.9 Å². The minimum Gasteiger partial charge on any atom is -0.378 e. The van der Waals surface area contributed by atoms with Gasteiger partial charge in [0, 0.05) is 0 Å². The summed E-state index contributed by atoms with van der Waals surface area (Å²) in [4.78, 5) is 0. The molecule has 0 aliphatic heterocycles. The zero-order valence-electron chi connectivity index (χ0n) is 11.5. The molecule has 0 saturated heterocycles. The van der Waals surface area contributed by atoms with E-state index in [2.05, 4.69) is 10.2 Å². The fraction of sp³-hybridized carbons (Fsp3) is 0.125. The number of hydrogen-bond acceptors (Lipinski definition) is 3. The van der Waals surface area contributed by atoms with Gasteiger partial charge in [-0.15, -0.1) is 10.2 Å². The molecule has 0 fully saturated rings. The predicted molar refractivity (Wildman–Crippen MR) is 75.8 cm³/mol. The number of hydrogen-bond donors (Lipinski definition) is 1. The lowest BCUT2D eigenvalue weighted by Crippen LogP contribution is -2.32. The monoisotopic (exact) mass is 301 g/mol. The highest BCUT2D eigenvalue weighted by Crippen LogP contribution is 2.31. The molecule has 2 aromatic carbocycles. The van der Waals surface area contributed by atoms with Gasteiger partial charge in [-0.1, -0.05) is 24.3 Å². The van der Waals surface area contributed by atoms with Crippen molar-refractivity contribution in [2.45, 2.75) is 12.1 Å². The van der Waals surface area contributed by atoms with Gasteiger partial charge in [-0.25, -0.2) is 8.78 Å². The van der Waals surface area contributed by atoms with Crippen LogP contribution in [-0.4, -0.2) is 19.9 Å². The number of rotatable bonds is 4. The third-order valence-electron chi connectivity index (χ3n) is 3.52. The summed E-state index contributed by atoms with van der Waals surface area (Å²) in [6, 6.07) is 11.1. The number of benzene rings is 2. The van der Waals surface area contributed by atoms with Crippen LogP contribution in [0.5, 0.6) is 0 Å². The molecule has 1 N–H and O–H groups in total. The maximum Gasteiger partial charge on any atom is 0.132 e. The summed E-state index contributed by atoms with van der Waals surface area (Å²) < 4.78 is 27.9. The van der Waals surface area contributed by atoms with Crippen LogP contribution in [0.3, 0.4) is 0 Å². The molecule has 0 unspecified atom stereocenters. The average Bonchev–Trinajstić information content (AvgIpc) is 3.01. The molecule has 6 heteroatoms. The normalized spacial score (nSPS) is 11.6. The van der Waals surface area contributed by atoms with E-state index in [1.54, 1.807) is 4.57 Å².